The van der Waals surface area contributed by atoms with Crippen molar-refractivity contribution in [3.05, 3.63) is 87.9 Å². The summed E-state index contributed by atoms with van der Waals surface area (Å²) in [6.45, 7) is 0. The van der Waals surface area contributed by atoms with Gasteiger partial charge in [-0.3, -0.25) is 0 Å². The molecule has 1 heterocycles. The van der Waals surface area contributed by atoms with Crippen LogP contribution < -0.4 is 5.32 Å². The molecule has 3 aromatic carbocycles. The third-order valence-electron chi connectivity index (χ3n) is 5.57. The van der Waals surface area contributed by atoms with Crippen LogP contribution >= 0.6 is 23.2 Å². The third kappa shape index (κ3) is 2.30. The van der Waals surface area contributed by atoms with Crippen LogP contribution in [-0.4, -0.2) is 0 Å². The van der Waals surface area contributed by atoms with Gasteiger partial charge in [-0.25, -0.2) is 0 Å². The lowest BCUT2D eigenvalue weighted by atomic mass is 9.75. The van der Waals surface area contributed by atoms with Gasteiger partial charge in [-0.05, 0) is 46.9 Å². The molecule has 25 heavy (non-hydrogen) atoms. The maximum Gasteiger partial charge on any atom is 0.0583 e. The van der Waals surface area contributed by atoms with Crippen molar-refractivity contribution in [3.8, 4) is 0 Å². The summed E-state index contributed by atoms with van der Waals surface area (Å²) >= 11 is 13.1. The van der Waals surface area contributed by atoms with Crippen LogP contribution in [0.5, 0.6) is 0 Å². The number of halogens is 2. The number of hydrogen-bond acceptors (Lipinski definition) is 1. The van der Waals surface area contributed by atoms with Gasteiger partial charge >= 0.3 is 0 Å². The van der Waals surface area contributed by atoms with Crippen LogP contribution in [0.25, 0.3) is 10.8 Å². The van der Waals surface area contributed by atoms with Crippen LogP contribution in [0.3, 0.4) is 0 Å². The number of fused-ring (bicyclic) bond motifs is 5. The van der Waals surface area contributed by atoms with E-state index in [1.54, 1.807) is 0 Å². The van der Waals surface area contributed by atoms with Crippen molar-refractivity contribution in [2.45, 2.75) is 18.4 Å². The van der Waals surface area contributed by atoms with E-state index in [1.807, 2.05) is 18.2 Å². The molecule has 0 radical (unpaired) electrons. The maximum atomic E-state index is 6.53. The van der Waals surface area contributed by atoms with Crippen LogP contribution in [0.4, 0.5) is 5.69 Å². The zero-order valence-electron chi connectivity index (χ0n) is 13.5. The van der Waals surface area contributed by atoms with Gasteiger partial charge in [-0.1, -0.05) is 71.8 Å². The first-order valence-electron chi connectivity index (χ1n) is 8.63. The monoisotopic (exact) mass is 365 g/mol. The second-order valence-corrected chi connectivity index (χ2v) is 7.67. The van der Waals surface area contributed by atoms with Gasteiger partial charge in [0.2, 0.25) is 0 Å². The molecule has 0 spiro atoms. The quantitative estimate of drug-likeness (QED) is 0.459. The van der Waals surface area contributed by atoms with E-state index < -0.39 is 0 Å². The maximum absolute atomic E-state index is 6.53. The predicted octanol–water partition coefficient (Wildman–Crippen LogP) is 6.97. The van der Waals surface area contributed by atoms with E-state index in [1.165, 1.54) is 22.0 Å². The van der Waals surface area contributed by atoms with Gasteiger partial charge in [0.1, 0.15) is 0 Å². The first-order valence-corrected chi connectivity index (χ1v) is 9.38. The van der Waals surface area contributed by atoms with Gasteiger partial charge in [0.25, 0.3) is 0 Å². The molecule has 124 valence electrons. The molecule has 0 saturated carbocycles. The number of allylic oxidation sites excluding steroid dienone is 2. The van der Waals surface area contributed by atoms with Gasteiger partial charge in [-0.2, -0.15) is 0 Å². The Balaban J connectivity index is 1.72. The topological polar surface area (TPSA) is 12.0 Å². The molecule has 0 fully saturated rings. The van der Waals surface area contributed by atoms with Crippen molar-refractivity contribution in [3.63, 3.8) is 0 Å². The fraction of sp³-hybridized carbons (Fsp3) is 0.182. The van der Waals surface area contributed by atoms with Crippen LogP contribution in [0.2, 0.25) is 10.0 Å². The summed E-state index contributed by atoms with van der Waals surface area (Å²) < 4.78 is 0. The Hall–Kier alpha value is -1.96. The molecule has 0 aromatic heterocycles. The Bertz CT molecular complexity index is 988. The van der Waals surface area contributed by atoms with Gasteiger partial charge < -0.3 is 5.32 Å². The number of nitrogens with one attached hydrogen (secondary N) is 1. The van der Waals surface area contributed by atoms with E-state index in [4.69, 9.17) is 23.2 Å². The molecular formula is C22H17Cl2N. The highest BCUT2D eigenvalue weighted by atomic mass is 35.5. The second-order valence-electron chi connectivity index (χ2n) is 6.86. The molecular weight excluding hydrogens is 349 g/mol. The summed E-state index contributed by atoms with van der Waals surface area (Å²) in [4.78, 5) is 0. The van der Waals surface area contributed by atoms with E-state index in [9.17, 15) is 0 Å². The lowest BCUT2D eigenvalue weighted by molar-refractivity contribution is 0.427. The average Bonchev–Trinajstić information content (AvgIpc) is 3.11. The van der Waals surface area contributed by atoms with Crippen molar-refractivity contribution in [2.75, 3.05) is 5.32 Å². The molecule has 0 saturated heterocycles. The van der Waals surface area contributed by atoms with Crippen LogP contribution in [-0.2, 0) is 0 Å². The minimum Gasteiger partial charge on any atom is -0.378 e. The minimum atomic E-state index is 0.120. The van der Waals surface area contributed by atoms with E-state index in [-0.39, 0.29) is 6.04 Å². The minimum absolute atomic E-state index is 0.120. The molecule has 0 unspecified atom stereocenters. The Morgan fingerprint density at radius 3 is 2.48 bits per heavy atom. The number of anilines is 1. The van der Waals surface area contributed by atoms with Crippen molar-refractivity contribution in [2.24, 2.45) is 5.92 Å². The highest BCUT2D eigenvalue weighted by Gasteiger charge is 2.40. The van der Waals surface area contributed by atoms with E-state index in [2.05, 4.69) is 53.9 Å². The largest absolute Gasteiger partial charge is 0.378 e. The molecule has 1 nitrogen and oxygen atoms in total. The molecule has 0 amide bonds. The predicted molar refractivity (Wildman–Crippen MR) is 107 cm³/mol. The van der Waals surface area contributed by atoms with Crippen LogP contribution in [0.15, 0.2) is 66.7 Å². The van der Waals surface area contributed by atoms with Crippen molar-refractivity contribution >= 4 is 39.7 Å². The Kier molecular flexibility index (Phi) is 3.55. The second kappa shape index (κ2) is 5.79. The molecule has 5 rings (SSSR count). The SMILES string of the molecule is Clc1cccc(Cl)c1[C@@H]1Nc2ccc3ccccc3c2[C@H]2C=CC[C@H]21. The zero-order chi connectivity index (χ0) is 17.0. The standard InChI is InChI=1S/C22H17Cl2N/c23-17-9-4-10-18(24)21(17)22-16-8-3-7-15(16)20-14-6-2-1-5-13(14)11-12-19(20)25-22/h1-7,9-12,15-16,22,25H,8H2/t15-,16+,22+/m0/s1. The third-order valence-corrected chi connectivity index (χ3v) is 6.23. The fourth-order valence-corrected chi connectivity index (χ4v) is 5.11. The summed E-state index contributed by atoms with van der Waals surface area (Å²) in [5.74, 6) is 0.815. The molecule has 0 bridgehead atoms. The number of benzene rings is 3. The van der Waals surface area contributed by atoms with Crippen LogP contribution in [0, 0.1) is 5.92 Å². The van der Waals surface area contributed by atoms with E-state index in [0.29, 0.717) is 11.8 Å². The normalized spacial score (nSPS) is 24.0. The smallest absolute Gasteiger partial charge is 0.0583 e. The van der Waals surface area contributed by atoms with Crippen molar-refractivity contribution < 1.29 is 0 Å². The summed E-state index contributed by atoms with van der Waals surface area (Å²) in [5.41, 5.74) is 3.60. The van der Waals surface area contributed by atoms with Crippen molar-refractivity contribution in [1.82, 2.24) is 0 Å². The number of rotatable bonds is 1. The average molecular weight is 366 g/mol. The molecule has 3 aromatic rings. The summed E-state index contributed by atoms with van der Waals surface area (Å²) in [6.07, 6.45) is 5.69. The Morgan fingerprint density at radius 2 is 1.64 bits per heavy atom. The molecule has 3 atom stereocenters. The summed E-state index contributed by atoms with van der Waals surface area (Å²) in [6, 6.07) is 18.9. The van der Waals surface area contributed by atoms with Gasteiger partial charge in [0.05, 0.1) is 6.04 Å². The molecule has 1 aliphatic carbocycles. The highest BCUT2D eigenvalue weighted by Crippen LogP contribution is 2.53. The molecule has 1 aliphatic heterocycles. The Morgan fingerprint density at radius 1 is 0.840 bits per heavy atom. The lowest BCUT2D eigenvalue weighted by Crippen LogP contribution is -2.29. The number of hydrogen-bond donors (Lipinski definition) is 1. The van der Waals surface area contributed by atoms with E-state index >= 15 is 0 Å². The Labute approximate surface area is 157 Å². The van der Waals surface area contributed by atoms with Crippen LogP contribution in [0.1, 0.15) is 29.5 Å². The lowest BCUT2D eigenvalue weighted by Gasteiger charge is -2.38. The first kappa shape index (κ1) is 15.3. The van der Waals surface area contributed by atoms with Crippen molar-refractivity contribution in [1.29, 1.82) is 0 Å². The van der Waals surface area contributed by atoms with E-state index in [0.717, 1.165) is 22.0 Å². The van der Waals surface area contributed by atoms with Gasteiger partial charge in [0.15, 0.2) is 0 Å². The fourth-order valence-electron chi connectivity index (χ4n) is 4.47. The summed E-state index contributed by atoms with van der Waals surface area (Å²) in [5, 5.41) is 7.84. The van der Waals surface area contributed by atoms with Gasteiger partial charge in [-0.15, -0.1) is 0 Å². The molecule has 3 heteroatoms. The summed E-state index contributed by atoms with van der Waals surface area (Å²) in [7, 11) is 0. The van der Waals surface area contributed by atoms with Gasteiger partial charge in [0, 0.05) is 27.2 Å². The molecule has 1 N–H and O–H groups in total. The first-order chi connectivity index (χ1) is 12.2. The molecule has 2 aliphatic rings. The highest BCUT2D eigenvalue weighted by molar-refractivity contribution is 6.36. The zero-order valence-corrected chi connectivity index (χ0v) is 15.1.